The van der Waals surface area contributed by atoms with Crippen molar-refractivity contribution in [1.29, 1.82) is 0 Å². The van der Waals surface area contributed by atoms with Crippen LogP contribution >= 0.6 is 0 Å². The summed E-state index contributed by atoms with van der Waals surface area (Å²) >= 11 is 0. The van der Waals surface area contributed by atoms with E-state index in [1.807, 2.05) is 6.92 Å². The molecule has 2 N–H and O–H groups in total. The van der Waals surface area contributed by atoms with Crippen LogP contribution in [0.3, 0.4) is 0 Å². The number of amides is 1. The summed E-state index contributed by atoms with van der Waals surface area (Å²) in [6, 6.07) is 0. The van der Waals surface area contributed by atoms with Crippen molar-refractivity contribution in [3.05, 3.63) is 0 Å². The van der Waals surface area contributed by atoms with Gasteiger partial charge in [0.1, 0.15) is 0 Å². The Morgan fingerprint density at radius 1 is 1.29 bits per heavy atom. The fourth-order valence-corrected chi connectivity index (χ4v) is 0.890. The number of esters is 1. The molecule has 5 nitrogen and oxygen atoms in total. The van der Waals surface area contributed by atoms with Gasteiger partial charge in [-0.3, -0.25) is 9.59 Å². The highest BCUT2D eigenvalue weighted by Gasteiger charge is 2.01. The number of carbonyl (C=O) groups is 2. The summed E-state index contributed by atoms with van der Waals surface area (Å²) in [6.45, 7) is 5.29. The van der Waals surface area contributed by atoms with Gasteiger partial charge in [-0.25, -0.2) is 0 Å². The van der Waals surface area contributed by atoms with Gasteiger partial charge >= 0.3 is 5.97 Å². The number of hydrogen-bond acceptors (Lipinski definition) is 4. The summed E-state index contributed by atoms with van der Waals surface area (Å²) in [5.74, 6) is -0.299. The minimum Gasteiger partial charge on any atom is -0.465 e. The van der Waals surface area contributed by atoms with Gasteiger partial charge in [-0.15, -0.1) is 0 Å². The van der Waals surface area contributed by atoms with Crippen LogP contribution in [0.15, 0.2) is 0 Å². The molecule has 0 atom stereocenters. The molecule has 0 aliphatic carbocycles. The molecule has 0 aromatic carbocycles. The predicted octanol–water partition coefficient (Wildman–Crippen LogP) is -0.335. The van der Waals surface area contributed by atoms with E-state index in [2.05, 4.69) is 10.6 Å². The SMILES string of the molecule is CCNC(=O)CCNCC(=O)OCC. The Morgan fingerprint density at radius 2 is 2.00 bits per heavy atom. The summed E-state index contributed by atoms with van der Waals surface area (Å²) in [4.78, 5) is 21.8. The van der Waals surface area contributed by atoms with Gasteiger partial charge < -0.3 is 15.4 Å². The van der Waals surface area contributed by atoms with Crippen LogP contribution in [0.1, 0.15) is 20.3 Å². The Morgan fingerprint density at radius 3 is 2.57 bits per heavy atom. The first-order chi connectivity index (χ1) is 6.70. The van der Waals surface area contributed by atoms with E-state index in [0.29, 0.717) is 26.1 Å². The van der Waals surface area contributed by atoms with E-state index in [0.717, 1.165) is 0 Å². The minimum atomic E-state index is -0.289. The zero-order chi connectivity index (χ0) is 10.8. The molecule has 0 radical (unpaired) electrons. The molecule has 1 amide bonds. The maximum absolute atomic E-state index is 10.9. The molecule has 5 heteroatoms. The summed E-state index contributed by atoms with van der Waals surface area (Å²) in [5.41, 5.74) is 0. The molecule has 0 fully saturated rings. The maximum atomic E-state index is 10.9. The van der Waals surface area contributed by atoms with Crippen molar-refractivity contribution in [2.24, 2.45) is 0 Å². The van der Waals surface area contributed by atoms with Crippen LogP contribution in [0.25, 0.3) is 0 Å². The van der Waals surface area contributed by atoms with Gasteiger partial charge in [0, 0.05) is 19.5 Å². The average molecular weight is 202 g/mol. The van der Waals surface area contributed by atoms with Crippen molar-refractivity contribution in [3.63, 3.8) is 0 Å². The third kappa shape index (κ3) is 7.54. The zero-order valence-electron chi connectivity index (χ0n) is 8.76. The van der Waals surface area contributed by atoms with E-state index < -0.39 is 0 Å². The van der Waals surface area contributed by atoms with Gasteiger partial charge in [-0.05, 0) is 13.8 Å². The predicted molar refractivity (Wildman–Crippen MR) is 52.8 cm³/mol. The molecular formula is C9H18N2O3. The minimum absolute atomic E-state index is 0.0103. The van der Waals surface area contributed by atoms with Gasteiger partial charge in [-0.1, -0.05) is 0 Å². The molecule has 0 saturated heterocycles. The molecule has 0 rings (SSSR count). The number of ether oxygens (including phenoxy) is 1. The first-order valence-electron chi connectivity index (χ1n) is 4.83. The van der Waals surface area contributed by atoms with Crippen molar-refractivity contribution in [1.82, 2.24) is 10.6 Å². The standard InChI is InChI=1S/C9H18N2O3/c1-3-11-8(12)5-6-10-7-9(13)14-4-2/h10H,3-7H2,1-2H3,(H,11,12). The highest BCUT2D eigenvalue weighted by molar-refractivity contribution is 5.76. The third-order valence-electron chi connectivity index (χ3n) is 1.48. The largest absolute Gasteiger partial charge is 0.465 e. The van der Waals surface area contributed by atoms with Crippen LogP contribution in [0.4, 0.5) is 0 Å². The molecule has 0 spiro atoms. The van der Waals surface area contributed by atoms with Crippen molar-refractivity contribution in [2.45, 2.75) is 20.3 Å². The highest BCUT2D eigenvalue weighted by atomic mass is 16.5. The molecule has 0 bridgehead atoms. The number of rotatable bonds is 7. The molecule has 0 aliphatic rings. The molecule has 0 saturated carbocycles. The summed E-state index contributed by atoms with van der Waals surface area (Å²) in [6.07, 6.45) is 0.382. The van der Waals surface area contributed by atoms with Gasteiger partial charge in [0.25, 0.3) is 0 Å². The van der Waals surface area contributed by atoms with Crippen LogP contribution in [0.2, 0.25) is 0 Å². The second-order valence-corrected chi connectivity index (χ2v) is 2.69. The van der Waals surface area contributed by atoms with E-state index in [1.54, 1.807) is 6.92 Å². The van der Waals surface area contributed by atoms with Crippen LogP contribution < -0.4 is 10.6 Å². The molecule has 0 aromatic rings. The molecule has 14 heavy (non-hydrogen) atoms. The quantitative estimate of drug-likeness (QED) is 0.438. The summed E-state index contributed by atoms with van der Waals surface area (Å²) in [7, 11) is 0. The topological polar surface area (TPSA) is 67.4 Å². The Balaban J connectivity index is 3.28. The monoisotopic (exact) mass is 202 g/mol. The number of hydrogen-bond donors (Lipinski definition) is 2. The fourth-order valence-electron chi connectivity index (χ4n) is 0.890. The molecule has 0 heterocycles. The summed E-state index contributed by atoms with van der Waals surface area (Å²) in [5, 5.41) is 5.49. The Kier molecular flexibility index (Phi) is 7.83. The lowest BCUT2D eigenvalue weighted by Gasteiger charge is -2.04. The Bertz CT molecular complexity index is 163. The van der Waals surface area contributed by atoms with E-state index in [-0.39, 0.29) is 18.4 Å². The molecule has 0 aliphatic heterocycles. The van der Waals surface area contributed by atoms with Gasteiger partial charge in [0.15, 0.2) is 0 Å². The van der Waals surface area contributed by atoms with Crippen molar-refractivity contribution in [3.8, 4) is 0 Å². The van der Waals surface area contributed by atoms with Crippen molar-refractivity contribution in [2.75, 3.05) is 26.2 Å². The van der Waals surface area contributed by atoms with Crippen molar-refractivity contribution >= 4 is 11.9 Å². The average Bonchev–Trinajstić information content (AvgIpc) is 2.13. The van der Waals surface area contributed by atoms with Crippen molar-refractivity contribution < 1.29 is 14.3 Å². The molecular weight excluding hydrogens is 184 g/mol. The van der Waals surface area contributed by atoms with Crippen LogP contribution in [0, 0.1) is 0 Å². The summed E-state index contributed by atoms with van der Waals surface area (Å²) < 4.78 is 4.69. The normalized spacial score (nSPS) is 9.57. The zero-order valence-corrected chi connectivity index (χ0v) is 8.76. The Labute approximate surface area is 84.2 Å². The van der Waals surface area contributed by atoms with E-state index in [4.69, 9.17) is 4.74 Å². The van der Waals surface area contributed by atoms with Crippen LogP contribution in [0.5, 0.6) is 0 Å². The highest BCUT2D eigenvalue weighted by Crippen LogP contribution is 1.78. The number of nitrogens with one attached hydrogen (secondary N) is 2. The van der Waals surface area contributed by atoms with E-state index in [9.17, 15) is 9.59 Å². The van der Waals surface area contributed by atoms with Gasteiger partial charge in [0.05, 0.1) is 13.2 Å². The van der Waals surface area contributed by atoms with E-state index in [1.165, 1.54) is 0 Å². The lowest BCUT2D eigenvalue weighted by molar-refractivity contribution is -0.142. The smallest absolute Gasteiger partial charge is 0.319 e. The molecule has 82 valence electrons. The third-order valence-corrected chi connectivity index (χ3v) is 1.48. The van der Waals surface area contributed by atoms with Gasteiger partial charge in [-0.2, -0.15) is 0 Å². The molecule has 0 aromatic heterocycles. The lowest BCUT2D eigenvalue weighted by atomic mass is 10.4. The van der Waals surface area contributed by atoms with Crippen LogP contribution in [-0.2, 0) is 14.3 Å². The first-order valence-corrected chi connectivity index (χ1v) is 4.83. The Hall–Kier alpha value is -1.10. The molecule has 0 unspecified atom stereocenters. The second kappa shape index (κ2) is 8.50. The number of carbonyl (C=O) groups excluding carboxylic acids is 2. The van der Waals surface area contributed by atoms with E-state index >= 15 is 0 Å². The van der Waals surface area contributed by atoms with Crippen LogP contribution in [-0.4, -0.2) is 38.1 Å². The lowest BCUT2D eigenvalue weighted by Crippen LogP contribution is -2.30. The first kappa shape index (κ1) is 12.9. The second-order valence-electron chi connectivity index (χ2n) is 2.69. The van der Waals surface area contributed by atoms with Gasteiger partial charge in [0.2, 0.25) is 5.91 Å². The maximum Gasteiger partial charge on any atom is 0.319 e. The fraction of sp³-hybridized carbons (Fsp3) is 0.778.